The van der Waals surface area contributed by atoms with Gasteiger partial charge in [-0.1, -0.05) is 13.3 Å². The lowest BCUT2D eigenvalue weighted by Crippen LogP contribution is -2.39. The van der Waals surface area contributed by atoms with Gasteiger partial charge in [0.25, 0.3) is 0 Å². The molecule has 106 valence electrons. The van der Waals surface area contributed by atoms with Crippen LogP contribution in [0.1, 0.15) is 45.4 Å². The Balaban J connectivity index is 1.67. The summed E-state index contributed by atoms with van der Waals surface area (Å²) in [6.45, 7) is 3.93. The SMILES string of the molecule is CCNCCCCS(=O)(=O)NC1CC2CCC1C2. The quantitative estimate of drug-likeness (QED) is 0.659. The van der Waals surface area contributed by atoms with Crippen LogP contribution >= 0.6 is 0 Å². The van der Waals surface area contributed by atoms with Gasteiger partial charge in [0, 0.05) is 6.04 Å². The van der Waals surface area contributed by atoms with Crippen molar-refractivity contribution in [3.8, 4) is 0 Å². The van der Waals surface area contributed by atoms with Gasteiger partial charge in [-0.25, -0.2) is 13.1 Å². The van der Waals surface area contributed by atoms with E-state index in [1.54, 1.807) is 0 Å². The van der Waals surface area contributed by atoms with Gasteiger partial charge in [0.05, 0.1) is 5.75 Å². The van der Waals surface area contributed by atoms with Gasteiger partial charge in [-0.2, -0.15) is 0 Å². The van der Waals surface area contributed by atoms with Crippen LogP contribution in [0, 0.1) is 11.8 Å². The first-order chi connectivity index (χ1) is 8.61. The van der Waals surface area contributed by atoms with E-state index < -0.39 is 10.0 Å². The molecule has 5 heteroatoms. The maximum Gasteiger partial charge on any atom is 0.211 e. The Bertz CT molecular complexity index is 356. The number of fused-ring (bicyclic) bond motifs is 2. The largest absolute Gasteiger partial charge is 0.317 e. The second kappa shape index (κ2) is 6.35. The molecule has 0 radical (unpaired) electrons. The molecule has 0 saturated heterocycles. The molecule has 3 atom stereocenters. The summed E-state index contributed by atoms with van der Waals surface area (Å²) in [6.07, 6.45) is 6.54. The lowest BCUT2D eigenvalue weighted by molar-refractivity contribution is 0.390. The van der Waals surface area contributed by atoms with Gasteiger partial charge in [-0.15, -0.1) is 0 Å². The minimum Gasteiger partial charge on any atom is -0.317 e. The smallest absolute Gasteiger partial charge is 0.211 e. The summed E-state index contributed by atoms with van der Waals surface area (Å²) < 4.78 is 26.9. The lowest BCUT2D eigenvalue weighted by Gasteiger charge is -2.22. The maximum atomic E-state index is 12.0. The number of nitrogens with one attached hydrogen (secondary N) is 2. The molecule has 2 fully saturated rings. The molecule has 0 aromatic heterocycles. The first-order valence-corrected chi connectivity index (χ1v) is 8.96. The van der Waals surface area contributed by atoms with E-state index in [4.69, 9.17) is 0 Å². The van der Waals surface area contributed by atoms with E-state index in [1.165, 1.54) is 19.3 Å². The molecule has 0 aromatic carbocycles. The molecule has 2 aliphatic carbocycles. The first-order valence-electron chi connectivity index (χ1n) is 7.31. The van der Waals surface area contributed by atoms with Gasteiger partial charge in [-0.05, 0) is 57.0 Å². The number of rotatable bonds is 8. The molecule has 18 heavy (non-hydrogen) atoms. The van der Waals surface area contributed by atoms with Crippen LogP contribution in [0.2, 0.25) is 0 Å². The zero-order valence-electron chi connectivity index (χ0n) is 11.3. The summed E-state index contributed by atoms with van der Waals surface area (Å²) in [7, 11) is -3.05. The molecular weight excluding hydrogens is 248 g/mol. The second-order valence-corrected chi connectivity index (χ2v) is 7.65. The summed E-state index contributed by atoms with van der Waals surface area (Å²) in [4.78, 5) is 0. The van der Waals surface area contributed by atoms with Gasteiger partial charge in [-0.3, -0.25) is 0 Å². The van der Waals surface area contributed by atoms with Gasteiger partial charge in [0.1, 0.15) is 0 Å². The predicted octanol–water partition coefficient (Wildman–Crippen LogP) is 1.48. The van der Waals surface area contributed by atoms with Gasteiger partial charge in [0.2, 0.25) is 10.0 Å². The summed E-state index contributed by atoms with van der Waals surface area (Å²) in [5.41, 5.74) is 0. The second-order valence-electron chi connectivity index (χ2n) is 5.78. The molecule has 0 spiro atoms. The Hall–Kier alpha value is -0.130. The van der Waals surface area contributed by atoms with E-state index in [9.17, 15) is 8.42 Å². The summed E-state index contributed by atoms with van der Waals surface area (Å²) in [5.74, 6) is 1.69. The molecule has 2 saturated carbocycles. The minimum atomic E-state index is -3.05. The molecule has 4 nitrogen and oxygen atoms in total. The molecule has 0 amide bonds. The Kier molecular flexibility index (Phi) is 5.04. The van der Waals surface area contributed by atoms with Crippen molar-refractivity contribution >= 4 is 10.0 Å². The summed E-state index contributed by atoms with van der Waals surface area (Å²) in [5, 5.41) is 3.21. The Morgan fingerprint density at radius 2 is 2.00 bits per heavy atom. The molecule has 0 heterocycles. The van der Waals surface area contributed by atoms with Crippen LogP contribution in [-0.4, -0.2) is 33.3 Å². The van der Waals surface area contributed by atoms with Crippen LogP contribution in [0.5, 0.6) is 0 Å². The highest BCUT2D eigenvalue weighted by atomic mass is 32.2. The fourth-order valence-electron chi connectivity index (χ4n) is 3.40. The van der Waals surface area contributed by atoms with Gasteiger partial charge < -0.3 is 5.32 Å². The molecule has 3 unspecified atom stereocenters. The van der Waals surface area contributed by atoms with Crippen LogP contribution in [0.3, 0.4) is 0 Å². The van der Waals surface area contributed by atoms with Crippen molar-refractivity contribution in [3.63, 3.8) is 0 Å². The fraction of sp³-hybridized carbons (Fsp3) is 1.00. The number of sulfonamides is 1. The van der Waals surface area contributed by atoms with Crippen LogP contribution in [-0.2, 0) is 10.0 Å². The maximum absolute atomic E-state index is 12.0. The van der Waals surface area contributed by atoms with Crippen LogP contribution < -0.4 is 10.0 Å². The van der Waals surface area contributed by atoms with E-state index in [1.807, 2.05) is 0 Å². The van der Waals surface area contributed by atoms with Crippen LogP contribution in [0.4, 0.5) is 0 Å². The predicted molar refractivity (Wildman–Crippen MR) is 73.9 cm³/mol. The molecule has 2 rings (SSSR count). The van der Waals surface area contributed by atoms with Crippen molar-refractivity contribution in [2.24, 2.45) is 11.8 Å². The normalized spacial score (nSPS) is 31.1. The molecule has 2 N–H and O–H groups in total. The Labute approximate surface area is 111 Å². The van der Waals surface area contributed by atoms with Crippen molar-refractivity contribution in [3.05, 3.63) is 0 Å². The van der Waals surface area contributed by atoms with Gasteiger partial charge >= 0.3 is 0 Å². The third kappa shape index (κ3) is 3.93. The highest BCUT2D eigenvalue weighted by Gasteiger charge is 2.40. The van der Waals surface area contributed by atoms with E-state index >= 15 is 0 Å². The van der Waals surface area contributed by atoms with Crippen molar-refractivity contribution in [1.82, 2.24) is 10.0 Å². The average Bonchev–Trinajstić information content (AvgIpc) is 2.90. The van der Waals surface area contributed by atoms with E-state index in [2.05, 4.69) is 17.0 Å². The van der Waals surface area contributed by atoms with Crippen molar-refractivity contribution in [2.75, 3.05) is 18.8 Å². The van der Waals surface area contributed by atoms with Crippen molar-refractivity contribution in [2.45, 2.75) is 51.5 Å². The van der Waals surface area contributed by atoms with Crippen molar-refractivity contribution in [1.29, 1.82) is 0 Å². The lowest BCUT2D eigenvalue weighted by atomic mass is 9.96. The van der Waals surface area contributed by atoms with Gasteiger partial charge in [0.15, 0.2) is 0 Å². The minimum absolute atomic E-state index is 0.238. The number of unbranched alkanes of at least 4 members (excludes halogenated alkanes) is 1. The molecule has 0 aromatic rings. The zero-order chi connectivity index (χ0) is 13.0. The number of hydrogen-bond donors (Lipinski definition) is 2. The topological polar surface area (TPSA) is 58.2 Å². The fourth-order valence-corrected chi connectivity index (χ4v) is 4.85. The van der Waals surface area contributed by atoms with Crippen LogP contribution in [0.15, 0.2) is 0 Å². The highest BCUT2D eigenvalue weighted by molar-refractivity contribution is 7.89. The summed E-state index contributed by atoms with van der Waals surface area (Å²) in [6, 6.07) is 0.238. The number of hydrogen-bond acceptors (Lipinski definition) is 3. The first kappa shape index (κ1) is 14.3. The Morgan fingerprint density at radius 3 is 2.61 bits per heavy atom. The third-order valence-corrected chi connectivity index (χ3v) is 5.82. The molecule has 2 aliphatic rings. The summed E-state index contributed by atoms with van der Waals surface area (Å²) >= 11 is 0. The molecular formula is C13H26N2O2S. The molecule has 0 aliphatic heterocycles. The third-order valence-electron chi connectivity index (χ3n) is 4.34. The van der Waals surface area contributed by atoms with E-state index in [-0.39, 0.29) is 11.8 Å². The monoisotopic (exact) mass is 274 g/mol. The molecule has 2 bridgehead atoms. The van der Waals surface area contributed by atoms with Crippen LogP contribution in [0.25, 0.3) is 0 Å². The Morgan fingerprint density at radius 1 is 1.17 bits per heavy atom. The van der Waals surface area contributed by atoms with Crippen molar-refractivity contribution < 1.29 is 8.42 Å². The standard InChI is InChI=1S/C13H26N2O2S/c1-2-14-7-3-4-8-18(16,17)15-13-10-11-5-6-12(13)9-11/h11-15H,2-10H2,1H3. The highest BCUT2D eigenvalue weighted by Crippen LogP contribution is 2.44. The zero-order valence-corrected chi connectivity index (χ0v) is 12.1. The van der Waals surface area contributed by atoms with E-state index in [0.29, 0.717) is 5.92 Å². The average molecular weight is 274 g/mol. The van der Waals surface area contributed by atoms with E-state index in [0.717, 1.165) is 38.3 Å².